The van der Waals surface area contributed by atoms with Crippen LogP contribution in [0.5, 0.6) is 0 Å². The van der Waals surface area contributed by atoms with E-state index in [1.54, 1.807) is 0 Å². The van der Waals surface area contributed by atoms with Gasteiger partial charge in [-0.05, 0) is 41.2 Å². The molecule has 4 aliphatic heterocycles. The number of carbonyl (C=O) groups is 3. The van der Waals surface area contributed by atoms with Crippen LogP contribution in [0, 0.1) is 0 Å². The molecule has 2 atom stereocenters. The third kappa shape index (κ3) is 4.47. The molecule has 2 bridgehead atoms. The number of carbonyl (C=O) groups excluding carboxylic acids is 3. The number of likely N-dealkylation sites (tertiary alicyclic amines) is 1. The minimum absolute atomic E-state index is 0.187. The number of nitrogens with zero attached hydrogens (tertiary/aromatic N) is 4. The molecule has 4 aliphatic rings. The first-order chi connectivity index (χ1) is 19.5. The Bertz CT molecular complexity index is 1390. The van der Waals surface area contributed by atoms with Crippen molar-refractivity contribution in [3.05, 3.63) is 107 Å². The van der Waals surface area contributed by atoms with E-state index in [4.69, 9.17) is 0 Å². The van der Waals surface area contributed by atoms with Crippen molar-refractivity contribution in [1.29, 1.82) is 0 Å². The van der Waals surface area contributed by atoms with E-state index in [2.05, 4.69) is 87.9 Å². The standard InChI is InChI=1S/C32H33N5O3/c38-29-15-16-36(32(40)33-29)37-19-25-17-22(11-14-28(25)31(37)39)18-35-26-12-13-27(35)21-34(20-26)30(23-7-3-1-4-8-23)24-9-5-2-6-10-24/h1-11,14,17,26-27,30H,12-13,15-16,18-21H2,(H,33,38,40). The molecule has 1 N–H and O–H groups in total. The second-order valence-corrected chi connectivity index (χ2v) is 11.3. The molecule has 7 rings (SSSR count). The fourth-order valence-corrected chi connectivity index (χ4v) is 7.03. The van der Waals surface area contributed by atoms with Gasteiger partial charge in [-0.25, -0.2) is 14.8 Å². The van der Waals surface area contributed by atoms with E-state index in [0.29, 0.717) is 24.2 Å². The lowest BCUT2D eigenvalue weighted by atomic mass is 9.95. The Morgan fingerprint density at radius 1 is 0.800 bits per heavy atom. The number of fused-ring (bicyclic) bond motifs is 3. The smallest absolute Gasteiger partial charge is 0.291 e. The van der Waals surface area contributed by atoms with Crippen LogP contribution in [0.1, 0.15) is 57.9 Å². The van der Waals surface area contributed by atoms with E-state index in [9.17, 15) is 14.4 Å². The summed E-state index contributed by atoms with van der Waals surface area (Å²) < 4.78 is 0. The van der Waals surface area contributed by atoms with Crippen molar-refractivity contribution in [3.63, 3.8) is 0 Å². The lowest BCUT2D eigenvalue weighted by Gasteiger charge is -2.44. The zero-order valence-electron chi connectivity index (χ0n) is 22.4. The van der Waals surface area contributed by atoms with Crippen molar-refractivity contribution in [2.45, 2.75) is 50.5 Å². The van der Waals surface area contributed by atoms with Gasteiger partial charge in [0.1, 0.15) is 0 Å². The van der Waals surface area contributed by atoms with Gasteiger partial charge in [0.2, 0.25) is 5.91 Å². The Labute approximate surface area is 234 Å². The molecule has 3 fully saturated rings. The van der Waals surface area contributed by atoms with Crippen LogP contribution in [0.2, 0.25) is 0 Å². The molecule has 40 heavy (non-hydrogen) atoms. The number of imide groups is 1. The number of amides is 4. The van der Waals surface area contributed by atoms with Crippen molar-refractivity contribution in [3.8, 4) is 0 Å². The third-order valence-corrected chi connectivity index (χ3v) is 8.90. The molecule has 0 spiro atoms. The maximum atomic E-state index is 13.1. The maximum absolute atomic E-state index is 13.1. The highest BCUT2D eigenvalue weighted by atomic mass is 16.2. The molecular formula is C32H33N5O3. The van der Waals surface area contributed by atoms with Gasteiger partial charge >= 0.3 is 6.03 Å². The van der Waals surface area contributed by atoms with Crippen LogP contribution in [0.3, 0.4) is 0 Å². The second kappa shape index (κ2) is 10.2. The van der Waals surface area contributed by atoms with Gasteiger partial charge in [-0.2, -0.15) is 0 Å². The van der Waals surface area contributed by atoms with Gasteiger partial charge in [0.25, 0.3) is 5.91 Å². The first kappa shape index (κ1) is 25.0. The highest BCUT2D eigenvalue weighted by Crippen LogP contribution is 2.38. The van der Waals surface area contributed by atoms with Gasteiger partial charge in [0, 0.05) is 43.7 Å². The van der Waals surface area contributed by atoms with Gasteiger partial charge in [-0.3, -0.25) is 24.7 Å². The van der Waals surface area contributed by atoms with E-state index >= 15 is 0 Å². The molecule has 0 aliphatic carbocycles. The van der Waals surface area contributed by atoms with Crippen LogP contribution in [-0.4, -0.2) is 69.4 Å². The minimum atomic E-state index is -0.531. The molecule has 0 aromatic heterocycles. The fraction of sp³-hybridized carbons (Fsp3) is 0.344. The molecule has 8 nitrogen and oxygen atoms in total. The van der Waals surface area contributed by atoms with Gasteiger partial charge in [-0.1, -0.05) is 72.8 Å². The van der Waals surface area contributed by atoms with Crippen molar-refractivity contribution >= 4 is 17.8 Å². The average molecular weight is 536 g/mol. The van der Waals surface area contributed by atoms with Crippen LogP contribution in [0.15, 0.2) is 78.9 Å². The molecule has 8 heteroatoms. The summed E-state index contributed by atoms with van der Waals surface area (Å²) >= 11 is 0. The number of hydrogen-bond acceptors (Lipinski definition) is 5. The van der Waals surface area contributed by atoms with Gasteiger partial charge < -0.3 is 0 Å². The largest absolute Gasteiger partial charge is 0.342 e. The summed E-state index contributed by atoms with van der Waals surface area (Å²) in [6.07, 6.45) is 2.58. The molecule has 204 valence electrons. The predicted molar refractivity (Wildman–Crippen MR) is 150 cm³/mol. The quantitative estimate of drug-likeness (QED) is 0.518. The zero-order valence-corrected chi connectivity index (χ0v) is 22.4. The van der Waals surface area contributed by atoms with Gasteiger partial charge in [0.15, 0.2) is 0 Å². The number of urea groups is 1. The third-order valence-electron chi connectivity index (χ3n) is 8.90. The van der Waals surface area contributed by atoms with Crippen molar-refractivity contribution in [2.75, 3.05) is 19.6 Å². The molecule has 3 aromatic carbocycles. The fourth-order valence-electron chi connectivity index (χ4n) is 7.03. The number of piperazine rings is 1. The molecule has 4 heterocycles. The molecular weight excluding hydrogens is 502 g/mol. The lowest BCUT2D eigenvalue weighted by molar-refractivity contribution is -0.123. The first-order valence-corrected chi connectivity index (χ1v) is 14.2. The average Bonchev–Trinajstić information content (AvgIpc) is 3.40. The molecule has 3 aromatic rings. The summed E-state index contributed by atoms with van der Waals surface area (Å²) in [5, 5.41) is 5.14. The molecule has 3 saturated heterocycles. The lowest BCUT2D eigenvalue weighted by Crippen LogP contribution is -2.56. The van der Waals surface area contributed by atoms with Gasteiger partial charge in [0.05, 0.1) is 19.1 Å². The number of hydrogen-bond donors (Lipinski definition) is 1. The predicted octanol–water partition coefficient (Wildman–Crippen LogP) is 3.94. The molecule has 2 unspecified atom stereocenters. The Kier molecular flexibility index (Phi) is 6.37. The Hall–Kier alpha value is -4.01. The molecule has 0 radical (unpaired) electrons. The second-order valence-electron chi connectivity index (χ2n) is 11.3. The maximum Gasteiger partial charge on any atom is 0.342 e. The van der Waals surface area contributed by atoms with Gasteiger partial charge in [-0.15, -0.1) is 0 Å². The Balaban J connectivity index is 1.07. The number of nitrogens with one attached hydrogen (secondary N) is 1. The summed E-state index contributed by atoms with van der Waals surface area (Å²) in [6, 6.07) is 28.4. The highest BCUT2D eigenvalue weighted by Gasteiger charge is 2.42. The molecule has 0 saturated carbocycles. The Morgan fingerprint density at radius 2 is 1.45 bits per heavy atom. The van der Waals surface area contributed by atoms with Crippen molar-refractivity contribution in [1.82, 2.24) is 25.1 Å². The first-order valence-electron chi connectivity index (χ1n) is 14.2. The van der Waals surface area contributed by atoms with Crippen LogP contribution in [0.25, 0.3) is 0 Å². The minimum Gasteiger partial charge on any atom is -0.291 e. The number of hydrazine groups is 1. The number of benzene rings is 3. The van der Waals surface area contributed by atoms with E-state index < -0.39 is 6.03 Å². The van der Waals surface area contributed by atoms with E-state index in [-0.39, 0.29) is 30.8 Å². The number of rotatable bonds is 6. The van der Waals surface area contributed by atoms with Crippen LogP contribution >= 0.6 is 0 Å². The summed E-state index contributed by atoms with van der Waals surface area (Å²) in [6.45, 7) is 3.46. The van der Waals surface area contributed by atoms with Crippen LogP contribution in [0.4, 0.5) is 4.79 Å². The molecule has 4 amide bonds. The van der Waals surface area contributed by atoms with Crippen LogP contribution < -0.4 is 5.32 Å². The topological polar surface area (TPSA) is 76.2 Å². The van der Waals surface area contributed by atoms with E-state index in [1.165, 1.54) is 39.5 Å². The SMILES string of the molecule is O=C1CCN(N2Cc3cc(CN4C5CCC4CN(C(c4ccccc4)c4ccccc4)C5)ccc3C2=O)C(=O)N1. The van der Waals surface area contributed by atoms with E-state index in [0.717, 1.165) is 25.2 Å². The van der Waals surface area contributed by atoms with E-state index in [1.807, 2.05) is 6.07 Å². The normalized spacial score (nSPS) is 23.2. The highest BCUT2D eigenvalue weighted by molar-refractivity contribution is 6.01. The summed E-state index contributed by atoms with van der Waals surface area (Å²) in [7, 11) is 0. The van der Waals surface area contributed by atoms with Crippen LogP contribution in [-0.2, 0) is 17.9 Å². The van der Waals surface area contributed by atoms with Crippen molar-refractivity contribution in [2.24, 2.45) is 0 Å². The monoisotopic (exact) mass is 535 g/mol. The summed E-state index contributed by atoms with van der Waals surface area (Å²) in [4.78, 5) is 42.3. The zero-order chi connectivity index (χ0) is 27.2. The van der Waals surface area contributed by atoms with Crippen molar-refractivity contribution < 1.29 is 14.4 Å². The Morgan fingerprint density at radius 3 is 2.08 bits per heavy atom. The summed E-state index contributed by atoms with van der Waals surface area (Å²) in [5.74, 6) is -0.492. The summed E-state index contributed by atoms with van der Waals surface area (Å²) in [5.41, 5.74) is 5.43.